The van der Waals surface area contributed by atoms with Gasteiger partial charge < -0.3 is 9.84 Å². The Morgan fingerprint density at radius 2 is 1.39 bits per heavy atom. The van der Waals surface area contributed by atoms with Gasteiger partial charge in [0.1, 0.15) is 5.75 Å². The van der Waals surface area contributed by atoms with Gasteiger partial charge in [0.2, 0.25) is 0 Å². The van der Waals surface area contributed by atoms with Gasteiger partial charge in [0.05, 0.1) is 18.6 Å². The van der Waals surface area contributed by atoms with E-state index in [0.29, 0.717) is 6.92 Å². The zero-order chi connectivity index (χ0) is 22.2. The molecule has 11 heteroatoms. The molecule has 0 aliphatic rings. The van der Waals surface area contributed by atoms with Crippen LogP contribution in [-0.2, 0) is 5.60 Å². The van der Waals surface area contributed by atoms with Gasteiger partial charge in [-0.25, -0.2) is 0 Å². The van der Waals surface area contributed by atoms with Crippen molar-refractivity contribution < 1.29 is 49.4 Å². The quantitative estimate of drug-likeness (QED) is 0.534. The molecule has 0 aromatic heterocycles. The Balaban J connectivity index is 3.28. The highest BCUT2D eigenvalue weighted by atomic mass is 19.4. The molecule has 1 rings (SSSR count). The average Bonchev–Trinajstić information content (AvgIpc) is 2.50. The molecule has 0 saturated heterocycles. The van der Waals surface area contributed by atoms with E-state index in [2.05, 4.69) is 0 Å². The molecule has 162 valence electrons. The molecule has 0 radical (unpaired) electrons. The molecule has 0 fully saturated rings. The largest absolute Gasteiger partial charge is 0.493 e. The van der Waals surface area contributed by atoms with Gasteiger partial charge in [0.15, 0.2) is 0 Å². The van der Waals surface area contributed by atoms with Gasteiger partial charge in [-0.15, -0.1) is 0 Å². The number of aliphatic hydroxyl groups is 1. The fourth-order valence-electron chi connectivity index (χ4n) is 2.34. The molecule has 1 unspecified atom stereocenters. The van der Waals surface area contributed by atoms with E-state index in [0.717, 1.165) is 6.07 Å². The van der Waals surface area contributed by atoms with Crippen molar-refractivity contribution in [1.82, 2.24) is 0 Å². The van der Waals surface area contributed by atoms with Crippen molar-refractivity contribution in [2.75, 3.05) is 6.61 Å². The summed E-state index contributed by atoms with van der Waals surface area (Å²) in [6, 6.07) is 4.84. The van der Waals surface area contributed by atoms with Crippen LogP contribution < -0.4 is 4.74 Å². The number of alkyl halides is 9. The van der Waals surface area contributed by atoms with Gasteiger partial charge in [0.25, 0.3) is 0 Å². The van der Waals surface area contributed by atoms with Crippen LogP contribution in [0, 0.1) is 5.92 Å². The minimum atomic E-state index is -7.01. The van der Waals surface area contributed by atoms with Crippen molar-refractivity contribution in [1.29, 1.82) is 0 Å². The van der Waals surface area contributed by atoms with E-state index >= 15 is 0 Å². The van der Waals surface area contributed by atoms with Gasteiger partial charge in [-0.05, 0) is 18.9 Å². The molecule has 2 nitrogen and oxygen atoms in total. The fraction of sp³-hybridized carbons (Fsp3) is 0.647. The summed E-state index contributed by atoms with van der Waals surface area (Å²) in [5, 5.41) is 10.3. The zero-order valence-corrected chi connectivity index (χ0v) is 15.1. The van der Waals surface area contributed by atoms with E-state index < -0.39 is 41.5 Å². The van der Waals surface area contributed by atoms with Crippen LogP contribution in [0.1, 0.15) is 32.8 Å². The first-order valence-electron chi connectivity index (χ1n) is 8.01. The lowest BCUT2D eigenvalue weighted by molar-refractivity contribution is -0.400. The summed E-state index contributed by atoms with van der Waals surface area (Å²) in [7, 11) is 0. The summed E-state index contributed by atoms with van der Waals surface area (Å²) >= 11 is 0. The Hall–Kier alpha value is -1.65. The van der Waals surface area contributed by atoms with Gasteiger partial charge in [-0.2, -0.15) is 39.5 Å². The Morgan fingerprint density at radius 3 is 1.86 bits per heavy atom. The molecule has 0 amide bonds. The van der Waals surface area contributed by atoms with Crippen molar-refractivity contribution in [3.63, 3.8) is 0 Å². The third-order valence-electron chi connectivity index (χ3n) is 3.82. The van der Waals surface area contributed by atoms with Crippen LogP contribution in [0.3, 0.4) is 0 Å². The van der Waals surface area contributed by atoms with Crippen LogP contribution >= 0.6 is 0 Å². The third-order valence-corrected chi connectivity index (χ3v) is 3.82. The van der Waals surface area contributed by atoms with Crippen LogP contribution in [0.15, 0.2) is 24.3 Å². The van der Waals surface area contributed by atoms with Crippen LogP contribution in [0.4, 0.5) is 39.5 Å². The Morgan fingerprint density at radius 1 is 0.893 bits per heavy atom. The van der Waals surface area contributed by atoms with E-state index in [1.54, 1.807) is 13.8 Å². The predicted octanol–water partition coefficient (Wildman–Crippen LogP) is 5.79. The first kappa shape index (κ1) is 24.4. The second kappa shape index (κ2) is 7.64. The lowest BCUT2D eigenvalue weighted by Gasteiger charge is -2.37. The molecule has 1 aromatic carbocycles. The van der Waals surface area contributed by atoms with Crippen LogP contribution in [-0.4, -0.2) is 35.7 Å². The minimum Gasteiger partial charge on any atom is -0.493 e. The summed E-state index contributed by atoms with van der Waals surface area (Å²) in [6.45, 7) is 4.11. The van der Waals surface area contributed by atoms with Gasteiger partial charge in [0, 0.05) is 5.56 Å². The van der Waals surface area contributed by atoms with Crippen LogP contribution in [0.5, 0.6) is 5.75 Å². The number of ether oxygens (including phenoxy) is 1. The molecule has 0 heterocycles. The van der Waals surface area contributed by atoms with Crippen LogP contribution in [0.25, 0.3) is 0 Å². The van der Waals surface area contributed by atoms with Gasteiger partial charge in [-0.1, -0.05) is 32.0 Å². The second-order valence-electron chi connectivity index (χ2n) is 7.00. The Kier molecular flexibility index (Phi) is 6.66. The summed E-state index contributed by atoms with van der Waals surface area (Å²) < 4.78 is 123. The lowest BCUT2D eigenvalue weighted by atomic mass is 9.85. The Labute approximate surface area is 155 Å². The smallest absolute Gasteiger partial charge is 0.460 e. The molecular formula is C17H19F9O2. The molecule has 0 aliphatic heterocycles. The number of benzene rings is 1. The molecular weight excluding hydrogens is 407 g/mol. The normalized spacial score (nSPS) is 16.2. The highest BCUT2D eigenvalue weighted by Gasteiger charge is 2.82. The molecule has 0 saturated carbocycles. The summed E-state index contributed by atoms with van der Waals surface area (Å²) in [6.07, 6.45) is -9.31. The van der Waals surface area contributed by atoms with E-state index in [1.165, 1.54) is 18.2 Å². The Bertz CT molecular complexity index is 667. The topological polar surface area (TPSA) is 29.5 Å². The van der Waals surface area contributed by atoms with Gasteiger partial charge in [-0.3, -0.25) is 0 Å². The van der Waals surface area contributed by atoms with Crippen LogP contribution in [0.2, 0.25) is 0 Å². The van der Waals surface area contributed by atoms with E-state index in [9.17, 15) is 44.6 Å². The van der Waals surface area contributed by atoms with Crippen molar-refractivity contribution >= 4 is 0 Å². The molecule has 1 atom stereocenters. The molecule has 0 spiro atoms. The van der Waals surface area contributed by atoms with Crippen molar-refractivity contribution in [2.45, 2.75) is 56.7 Å². The molecule has 1 aromatic rings. The fourth-order valence-corrected chi connectivity index (χ4v) is 2.34. The second-order valence-corrected chi connectivity index (χ2v) is 7.00. The number of halogens is 9. The number of rotatable bonds is 8. The molecule has 0 bridgehead atoms. The number of hydrogen-bond acceptors (Lipinski definition) is 2. The maximum Gasteiger partial charge on any atom is 0.460 e. The molecule has 28 heavy (non-hydrogen) atoms. The van der Waals surface area contributed by atoms with E-state index in [-0.39, 0.29) is 18.3 Å². The maximum absolute atomic E-state index is 13.9. The van der Waals surface area contributed by atoms with Crippen molar-refractivity contribution in [3.8, 4) is 5.75 Å². The highest BCUT2D eigenvalue weighted by molar-refractivity contribution is 5.38. The molecule has 0 aliphatic carbocycles. The summed E-state index contributed by atoms with van der Waals surface area (Å²) in [4.78, 5) is 0. The van der Waals surface area contributed by atoms with Crippen molar-refractivity contribution in [3.05, 3.63) is 29.8 Å². The standard InChI is InChI=1S/C17H19F9O2/c1-10(2)8-28-12-7-5-4-6-11(12)13(3,27)9-14(18,19)15(20,21)16(22,23)17(24,25)26/h4-7,10,27H,8-9H2,1-3H3. The van der Waals surface area contributed by atoms with Crippen molar-refractivity contribution in [2.24, 2.45) is 5.92 Å². The number of para-hydroxylation sites is 1. The predicted molar refractivity (Wildman–Crippen MR) is 81.9 cm³/mol. The summed E-state index contributed by atoms with van der Waals surface area (Å²) in [5.74, 6) is -19.9. The molecule has 1 N–H and O–H groups in total. The zero-order valence-electron chi connectivity index (χ0n) is 15.1. The average molecular weight is 426 g/mol. The first-order valence-corrected chi connectivity index (χ1v) is 8.01. The summed E-state index contributed by atoms with van der Waals surface area (Å²) in [5.41, 5.74) is -3.36. The highest BCUT2D eigenvalue weighted by Crippen LogP contribution is 2.56. The van der Waals surface area contributed by atoms with E-state index in [1.807, 2.05) is 0 Å². The third kappa shape index (κ3) is 4.66. The minimum absolute atomic E-state index is 0.0470. The SMILES string of the molecule is CC(C)COc1ccccc1C(C)(O)CC(F)(F)C(F)(F)C(F)(F)C(F)(F)F. The van der Waals surface area contributed by atoms with E-state index in [4.69, 9.17) is 4.74 Å². The monoisotopic (exact) mass is 426 g/mol. The number of hydrogen-bond donors (Lipinski definition) is 1. The lowest BCUT2D eigenvalue weighted by Crippen LogP contribution is -2.62. The first-order chi connectivity index (χ1) is 12.4. The maximum atomic E-state index is 13.9. The van der Waals surface area contributed by atoms with Gasteiger partial charge >= 0.3 is 23.9 Å².